The molecule has 0 aliphatic heterocycles. The summed E-state index contributed by atoms with van der Waals surface area (Å²) < 4.78 is 5.20. The minimum atomic E-state index is -1.18. The fourth-order valence-corrected chi connectivity index (χ4v) is 4.99. The molecule has 2 rings (SSSR count). The van der Waals surface area contributed by atoms with Crippen LogP contribution in [0.25, 0.3) is 0 Å². The van der Waals surface area contributed by atoms with Gasteiger partial charge in [-0.15, -0.1) is 0 Å². The molecule has 0 aliphatic carbocycles. The Morgan fingerprint density at radius 2 is 1.50 bits per heavy atom. The number of methoxy groups -OCH3 is 1. The van der Waals surface area contributed by atoms with Gasteiger partial charge in [-0.3, -0.25) is 0 Å². The molecule has 0 bridgehead atoms. The van der Waals surface area contributed by atoms with Crippen LogP contribution in [0.15, 0.2) is 54.6 Å². The van der Waals surface area contributed by atoms with Gasteiger partial charge in [0.1, 0.15) is 5.75 Å². The van der Waals surface area contributed by atoms with Crippen LogP contribution in [0.3, 0.4) is 0 Å². The molecule has 0 radical (unpaired) electrons. The molecule has 0 N–H and O–H groups in total. The summed E-state index contributed by atoms with van der Waals surface area (Å²) in [6, 6.07) is 22.0. The molecule has 0 amide bonds. The summed E-state index contributed by atoms with van der Waals surface area (Å²) in [7, 11) is 0.533. The highest BCUT2D eigenvalue weighted by Gasteiger charge is 2.20. The van der Waals surface area contributed by atoms with Crippen LogP contribution in [0.5, 0.6) is 5.75 Å². The first-order valence-electron chi connectivity index (χ1n) is 7.26. The minimum Gasteiger partial charge on any atom is -0.497 e. The zero-order valence-corrected chi connectivity index (χ0v) is 13.7. The molecule has 106 valence electrons. The molecule has 0 saturated carbocycles. The van der Waals surface area contributed by atoms with Crippen LogP contribution in [-0.2, 0) is 12.5 Å². The van der Waals surface area contributed by atoms with E-state index in [1.165, 1.54) is 29.6 Å². The quantitative estimate of drug-likeness (QED) is 0.697. The number of aryl methyl sites for hydroxylation is 1. The van der Waals surface area contributed by atoms with Crippen LogP contribution in [0.1, 0.15) is 11.1 Å². The normalized spacial score (nSPS) is 11.3. The predicted molar refractivity (Wildman–Crippen MR) is 89.1 cm³/mol. The molecule has 2 aromatic rings. The second-order valence-corrected chi connectivity index (χ2v) is 11.4. The zero-order chi connectivity index (χ0) is 14.4. The maximum Gasteiger partial charge on any atom is 0.118 e. The van der Waals surface area contributed by atoms with Crippen molar-refractivity contribution in [2.75, 3.05) is 7.11 Å². The molecule has 0 saturated heterocycles. The predicted octanol–water partition coefficient (Wildman–Crippen LogP) is 4.73. The molecule has 20 heavy (non-hydrogen) atoms. The molecule has 0 heterocycles. The van der Waals surface area contributed by atoms with E-state index in [-0.39, 0.29) is 0 Å². The van der Waals surface area contributed by atoms with Gasteiger partial charge in [0.25, 0.3) is 0 Å². The third kappa shape index (κ3) is 4.53. The summed E-state index contributed by atoms with van der Waals surface area (Å²) in [5.74, 6) is 0.939. The van der Waals surface area contributed by atoms with Gasteiger partial charge in [-0.25, -0.2) is 0 Å². The van der Waals surface area contributed by atoms with Crippen molar-refractivity contribution in [3.8, 4) is 5.75 Å². The first-order valence-corrected chi connectivity index (χ1v) is 10.7. The van der Waals surface area contributed by atoms with Gasteiger partial charge in [0, 0.05) is 0 Å². The highest BCUT2D eigenvalue weighted by Crippen LogP contribution is 2.20. The van der Waals surface area contributed by atoms with E-state index in [2.05, 4.69) is 67.7 Å². The van der Waals surface area contributed by atoms with E-state index in [9.17, 15) is 0 Å². The van der Waals surface area contributed by atoms with Crippen LogP contribution >= 0.6 is 0 Å². The summed E-state index contributed by atoms with van der Waals surface area (Å²) in [6.45, 7) is 4.98. The number of hydrogen-bond donors (Lipinski definition) is 0. The molecular formula is C18H24OSi. The Hall–Kier alpha value is -1.54. The zero-order valence-electron chi connectivity index (χ0n) is 12.7. The van der Waals surface area contributed by atoms with Gasteiger partial charge in [0.15, 0.2) is 0 Å². The van der Waals surface area contributed by atoms with E-state index < -0.39 is 8.07 Å². The first kappa shape index (κ1) is 14.9. The number of ether oxygens (including phenoxy) is 1. The van der Waals surface area contributed by atoms with E-state index in [1.807, 2.05) is 0 Å². The van der Waals surface area contributed by atoms with Crippen molar-refractivity contribution in [3.05, 3.63) is 65.7 Å². The maximum absolute atomic E-state index is 5.20. The van der Waals surface area contributed by atoms with Crippen molar-refractivity contribution in [1.82, 2.24) is 0 Å². The lowest BCUT2D eigenvalue weighted by Gasteiger charge is -2.22. The molecule has 0 fully saturated rings. The molecule has 2 aromatic carbocycles. The Balaban J connectivity index is 1.91. The van der Waals surface area contributed by atoms with E-state index >= 15 is 0 Å². The molecular weight excluding hydrogens is 260 g/mol. The van der Waals surface area contributed by atoms with Crippen LogP contribution in [-0.4, -0.2) is 15.2 Å². The van der Waals surface area contributed by atoms with Crippen LogP contribution in [0.2, 0.25) is 19.1 Å². The third-order valence-electron chi connectivity index (χ3n) is 3.78. The van der Waals surface area contributed by atoms with Crippen molar-refractivity contribution in [3.63, 3.8) is 0 Å². The van der Waals surface area contributed by atoms with E-state index in [0.717, 1.165) is 5.75 Å². The number of benzene rings is 2. The second kappa shape index (κ2) is 6.75. The Kier molecular flexibility index (Phi) is 5.02. The Morgan fingerprint density at radius 1 is 0.850 bits per heavy atom. The topological polar surface area (TPSA) is 9.23 Å². The fraction of sp³-hybridized carbons (Fsp3) is 0.333. The summed E-state index contributed by atoms with van der Waals surface area (Å²) >= 11 is 0. The van der Waals surface area contributed by atoms with Crippen molar-refractivity contribution in [2.45, 2.75) is 31.6 Å². The average Bonchev–Trinajstić information content (AvgIpc) is 2.46. The summed E-state index contributed by atoms with van der Waals surface area (Å²) in [6.07, 6.45) is 1.18. The standard InChI is InChI=1S/C18H24OSi/c1-19-18-11-9-16(10-12-18)13-14-20(2,3)15-17-7-5-4-6-8-17/h4-12H,13-15H2,1-3H3. The second-order valence-electron chi connectivity index (χ2n) is 6.17. The lowest BCUT2D eigenvalue weighted by molar-refractivity contribution is 0.414. The maximum atomic E-state index is 5.20. The van der Waals surface area contributed by atoms with Gasteiger partial charge in [-0.05, 0) is 30.2 Å². The molecule has 1 nitrogen and oxygen atoms in total. The van der Waals surface area contributed by atoms with Gasteiger partial charge < -0.3 is 4.74 Å². The fourth-order valence-electron chi connectivity index (χ4n) is 2.51. The van der Waals surface area contributed by atoms with Crippen molar-refractivity contribution < 1.29 is 4.74 Å². The number of rotatable bonds is 6. The Labute approximate surface area is 123 Å². The average molecular weight is 284 g/mol. The van der Waals surface area contributed by atoms with E-state index in [1.54, 1.807) is 7.11 Å². The van der Waals surface area contributed by atoms with Crippen LogP contribution in [0.4, 0.5) is 0 Å². The molecule has 0 spiro atoms. The summed E-state index contributed by atoms with van der Waals surface area (Å²) in [5.41, 5.74) is 2.90. The highest BCUT2D eigenvalue weighted by molar-refractivity contribution is 6.76. The molecule has 0 atom stereocenters. The lowest BCUT2D eigenvalue weighted by Crippen LogP contribution is -2.29. The van der Waals surface area contributed by atoms with Crippen molar-refractivity contribution in [2.24, 2.45) is 0 Å². The molecule has 0 unspecified atom stereocenters. The lowest BCUT2D eigenvalue weighted by atomic mass is 10.2. The SMILES string of the molecule is COc1ccc(CC[Si](C)(C)Cc2ccccc2)cc1. The summed E-state index contributed by atoms with van der Waals surface area (Å²) in [5, 5.41) is 0. The Morgan fingerprint density at radius 3 is 2.10 bits per heavy atom. The van der Waals surface area contributed by atoms with Crippen LogP contribution in [0, 0.1) is 0 Å². The van der Waals surface area contributed by atoms with Gasteiger partial charge in [0.05, 0.1) is 15.2 Å². The summed E-state index contributed by atoms with van der Waals surface area (Å²) in [4.78, 5) is 0. The third-order valence-corrected chi connectivity index (χ3v) is 6.74. The van der Waals surface area contributed by atoms with Gasteiger partial charge in [0.2, 0.25) is 0 Å². The minimum absolute atomic E-state index is 0.939. The van der Waals surface area contributed by atoms with E-state index in [4.69, 9.17) is 4.74 Å². The monoisotopic (exact) mass is 284 g/mol. The van der Waals surface area contributed by atoms with Gasteiger partial charge in [-0.2, -0.15) is 0 Å². The highest BCUT2D eigenvalue weighted by atomic mass is 28.3. The smallest absolute Gasteiger partial charge is 0.118 e. The Bertz CT molecular complexity index is 517. The largest absolute Gasteiger partial charge is 0.497 e. The van der Waals surface area contributed by atoms with Crippen molar-refractivity contribution in [1.29, 1.82) is 0 Å². The van der Waals surface area contributed by atoms with E-state index in [0.29, 0.717) is 0 Å². The first-order chi connectivity index (χ1) is 9.59. The number of hydrogen-bond acceptors (Lipinski definition) is 1. The van der Waals surface area contributed by atoms with Gasteiger partial charge >= 0.3 is 0 Å². The molecule has 0 aliphatic rings. The molecule has 0 aromatic heterocycles. The molecule has 2 heteroatoms. The van der Waals surface area contributed by atoms with Crippen LogP contribution < -0.4 is 4.74 Å². The van der Waals surface area contributed by atoms with Crippen molar-refractivity contribution >= 4 is 8.07 Å². The van der Waals surface area contributed by atoms with Gasteiger partial charge in [-0.1, -0.05) is 67.2 Å².